The Labute approximate surface area is 312 Å². The van der Waals surface area contributed by atoms with E-state index in [-0.39, 0.29) is 33.2 Å². The fourth-order valence-corrected chi connectivity index (χ4v) is 6.18. The Kier molecular flexibility index (Phi) is 10.0. The Morgan fingerprint density at radius 2 is 1.10 bits per heavy atom. The van der Waals surface area contributed by atoms with Crippen molar-refractivity contribution in [3.63, 3.8) is 0 Å². The zero-order valence-corrected chi connectivity index (χ0v) is 31.6. The van der Waals surface area contributed by atoms with E-state index in [1.807, 2.05) is 24.3 Å². The molecule has 0 unspecified atom stereocenters. The molecule has 0 aliphatic rings. The van der Waals surface area contributed by atoms with Gasteiger partial charge in [0.1, 0.15) is 0 Å². The summed E-state index contributed by atoms with van der Waals surface area (Å²) in [5.74, 6) is 0. The number of rotatable bonds is 3. The fraction of sp³-hybridized carbons (Fsp3) is 0.170. The molecule has 250 valence electrons. The van der Waals surface area contributed by atoms with Gasteiger partial charge < -0.3 is 4.98 Å². The number of fused-ring (bicyclic) bond motifs is 4. The van der Waals surface area contributed by atoms with Gasteiger partial charge in [-0.2, -0.15) is 35.9 Å². The van der Waals surface area contributed by atoms with E-state index in [2.05, 4.69) is 174 Å². The zero-order chi connectivity index (χ0) is 34.2. The van der Waals surface area contributed by atoms with Crippen LogP contribution in [0.2, 0.25) is 0 Å². The molecule has 2 heterocycles. The maximum absolute atomic E-state index is 4.97. The van der Waals surface area contributed by atoms with E-state index >= 15 is 0 Å². The van der Waals surface area contributed by atoms with E-state index in [0.29, 0.717) is 0 Å². The molecule has 0 fully saturated rings. The molecule has 0 spiro atoms. The van der Waals surface area contributed by atoms with Crippen LogP contribution in [-0.4, -0.2) is 4.98 Å². The topological polar surface area (TPSA) is 27.0 Å². The van der Waals surface area contributed by atoms with Gasteiger partial charge in [0, 0.05) is 5.69 Å². The number of nitrogens with zero attached hydrogens (tertiary/aromatic N) is 2. The zero-order valence-electron chi connectivity index (χ0n) is 29.5. The van der Waals surface area contributed by atoms with E-state index in [0.717, 1.165) is 49.9 Å². The van der Waals surface area contributed by atoms with E-state index in [1.54, 1.807) is 0 Å². The van der Waals surface area contributed by atoms with Crippen LogP contribution in [0, 0.1) is 12.1 Å². The smallest absolute Gasteiger partial charge is 0.657 e. The van der Waals surface area contributed by atoms with Gasteiger partial charge in [-0.1, -0.05) is 150 Å². The molecular weight excluding hydrogens is 789 g/mol. The van der Waals surface area contributed by atoms with Crippen molar-refractivity contribution in [3.05, 3.63) is 163 Å². The monoisotopic (exact) mass is 830 g/mol. The maximum atomic E-state index is 4.97. The Morgan fingerprint density at radius 3 is 1.72 bits per heavy atom. The van der Waals surface area contributed by atoms with Crippen LogP contribution in [0.1, 0.15) is 52.7 Å². The van der Waals surface area contributed by atoms with Crippen molar-refractivity contribution in [1.82, 2.24) is 9.97 Å². The van der Waals surface area contributed by atoms with Gasteiger partial charge in [0.25, 0.3) is 0 Å². The minimum absolute atomic E-state index is 0. The molecule has 0 atom stereocenters. The molecule has 0 saturated heterocycles. The van der Waals surface area contributed by atoms with Crippen LogP contribution in [-0.2, 0) is 33.2 Å². The molecule has 2 nitrogen and oxygen atoms in total. The van der Waals surface area contributed by atoms with Crippen molar-refractivity contribution in [3.8, 4) is 33.5 Å². The first-order chi connectivity index (χ1) is 23.5. The fourth-order valence-electron chi connectivity index (χ4n) is 6.18. The molecule has 0 bridgehead atoms. The first kappa shape index (κ1) is 35.1. The van der Waals surface area contributed by atoms with E-state index in [9.17, 15) is 0 Å². The quantitative estimate of drug-likeness (QED) is 0.131. The van der Waals surface area contributed by atoms with E-state index < -0.39 is 0 Å². The van der Waals surface area contributed by atoms with Gasteiger partial charge in [-0.05, 0) is 44.2 Å². The Balaban J connectivity index is 0.000000256. The molecule has 0 aliphatic carbocycles. The summed E-state index contributed by atoms with van der Waals surface area (Å²) in [6, 6.07) is 56.0. The minimum Gasteiger partial charge on any atom is -0.657 e. The molecule has 3 heteroatoms. The Bertz CT molecular complexity index is 2260. The SMILES string of the molecule is CC(C)(C)c1c[c-]c(-c2[c-]c(-c3ccc4ccccc4n3)cc(-c3ccc(C(C)(C)C)cc3)c2)cc1.[Au+3].c1ccc2c(c1)[n-]c1ccccc12. The maximum Gasteiger partial charge on any atom is 3.00 e. The summed E-state index contributed by atoms with van der Waals surface area (Å²) in [5, 5.41) is 3.64. The van der Waals surface area contributed by atoms with Gasteiger partial charge in [-0.25, -0.2) is 5.56 Å². The predicted octanol–water partition coefficient (Wildman–Crippen LogP) is 12.4. The van der Waals surface area contributed by atoms with Crippen LogP contribution < -0.4 is 4.98 Å². The summed E-state index contributed by atoms with van der Waals surface area (Å²) in [6.45, 7) is 13.4. The molecule has 2 aromatic heterocycles. The second kappa shape index (κ2) is 14.2. The van der Waals surface area contributed by atoms with Crippen LogP contribution in [0.4, 0.5) is 0 Å². The van der Waals surface area contributed by atoms with Crippen LogP contribution in [0.3, 0.4) is 0 Å². The van der Waals surface area contributed by atoms with Gasteiger partial charge in [0.2, 0.25) is 0 Å². The van der Waals surface area contributed by atoms with Gasteiger partial charge >= 0.3 is 22.4 Å². The number of benzene rings is 6. The van der Waals surface area contributed by atoms with E-state index in [1.165, 1.54) is 27.5 Å². The minimum atomic E-state index is 0. The largest absolute Gasteiger partial charge is 3.00 e. The van der Waals surface area contributed by atoms with Crippen LogP contribution in [0.15, 0.2) is 140 Å². The standard InChI is InChI=1S/C35H33N.C12H8N.Au/c1-34(2,3)30-16-11-24(12-17-30)27-21-28(25-13-18-31(19-14-25)35(4,5)6)23-29(22-27)33-20-15-26-9-7-8-10-32(26)36-33;1-3-7-11-9(5-1)10-6-2-4-8-12(10)13-11;/h7-13,15-22H,1-6H3;1-8H;/q-2;-1;+3. The third-order valence-electron chi connectivity index (χ3n) is 9.14. The normalized spacial score (nSPS) is 11.6. The van der Waals surface area contributed by atoms with Crippen molar-refractivity contribution < 1.29 is 22.4 Å². The van der Waals surface area contributed by atoms with Crippen molar-refractivity contribution >= 4 is 32.7 Å². The molecule has 8 aromatic rings. The van der Waals surface area contributed by atoms with Gasteiger partial charge in [0.15, 0.2) is 0 Å². The number of hydrogen-bond acceptors (Lipinski definition) is 1. The molecule has 0 saturated carbocycles. The molecule has 50 heavy (non-hydrogen) atoms. The van der Waals surface area contributed by atoms with Gasteiger partial charge in [-0.3, -0.25) is 4.98 Å². The van der Waals surface area contributed by atoms with Gasteiger partial charge in [0.05, 0.1) is 5.52 Å². The number of hydrogen-bond donors (Lipinski definition) is 0. The Hall–Kier alpha value is -4.73. The van der Waals surface area contributed by atoms with Crippen molar-refractivity contribution in [2.45, 2.75) is 52.4 Å². The summed E-state index contributed by atoms with van der Waals surface area (Å²) in [5.41, 5.74) is 12.3. The first-order valence-electron chi connectivity index (χ1n) is 17.0. The average molecular weight is 831 g/mol. The second-order valence-electron chi connectivity index (χ2n) is 14.8. The molecular formula is C47H41AuN2. The summed E-state index contributed by atoms with van der Waals surface area (Å²) in [7, 11) is 0. The molecule has 0 amide bonds. The summed E-state index contributed by atoms with van der Waals surface area (Å²) < 4.78 is 0. The third kappa shape index (κ3) is 7.54. The predicted molar refractivity (Wildman–Crippen MR) is 208 cm³/mol. The molecule has 0 aliphatic heterocycles. The average Bonchev–Trinajstić information content (AvgIpc) is 3.50. The number of aromatic nitrogens is 2. The molecule has 6 aromatic carbocycles. The Morgan fingerprint density at radius 1 is 0.520 bits per heavy atom. The van der Waals surface area contributed by atoms with Crippen molar-refractivity contribution in [2.75, 3.05) is 0 Å². The van der Waals surface area contributed by atoms with Gasteiger partial charge in [-0.15, -0.1) is 34.3 Å². The number of para-hydroxylation sites is 3. The van der Waals surface area contributed by atoms with Crippen molar-refractivity contribution in [1.29, 1.82) is 0 Å². The molecule has 8 rings (SSSR count). The van der Waals surface area contributed by atoms with E-state index in [4.69, 9.17) is 4.98 Å². The van der Waals surface area contributed by atoms with Crippen LogP contribution in [0.5, 0.6) is 0 Å². The summed E-state index contributed by atoms with van der Waals surface area (Å²) >= 11 is 0. The molecule has 0 radical (unpaired) electrons. The van der Waals surface area contributed by atoms with Crippen molar-refractivity contribution in [2.24, 2.45) is 0 Å². The van der Waals surface area contributed by atoms with Crippen LogP contribution >= 0.6 is 0 Å². The summed E-state index contributed by atoms with van der Waals surface area (Å²) in [6.07, 6.45) is 0. The number of pyridine rings is 1. The first-order valence-corrected chi connectivity index (χ1v) is 17.0. The summed E-state index contributed by atoms with van der Waals surface area (Å²) in [4.78, 5) is 9.48. The third-order valence-corrected chi connectivity index (χ3v) is 9.14. The second-order valence-corrected chi connectivity index (χ2v) is 14.8. The molecule has 0 N–H and O–H groups in total. The van der Waals surface area contributed by atoms with Crippen LogP contribution in [0.25, 0.3) is 66.2 Å².